The van der Waals surface area contributed by atoms with E-state index in [-0.39, 0.29) is 16.0 Å². The molecule has 1 aromatic heterocycles. The van der Waals surface area contributed by atoms with Crippen LogP contribution in [0.4, 0.5) is 11.5 Å². The minimum atomic E-state index is -3.11. The van der Waals surface area contributed by atoms with Gasteiger partial charge in [-0.25, -0.2) is 4.98 Å². The van der Waals surface area contributed by atoms with E-state index in [1.807, 2.05) is 37.3 Å². The summed E-state index contributed by atoms with van der Waals surface area (Å²) in [5.74, 6) is 0.299. The first-order valence-corrected chi connectivity index (χ1v) is 7.32. The third-order valence-corrected chi connectivity index (χ3v) is 2.67. The molecule has 0 fully saturated rings. The largest absolute Gasteiger partial charge is 0.425 e. The van der Waals surface area contributed by atoms with E-state index in [0.29, 0.717) is 5.82 Å². The Morgan fingerprint density at radius 3 is 2.41 bits per heavy atom. The van der Waals surface area contributed by atoms with Gasteiger partial charge < -0.3 is 5.32 Å². The van der Waals surface area contributed by atoms with Crippen LogP contribution in [0.2, 0.25) is 10.4 Å². The minimum absolute atomic E-state index is 0.00541. The van der Waals surface area contributed by atoms with Crippen LogP contribution in [0.15, 0.2) is 24.3 Å². The summed E-state index contributed by atoms with van der Waals surface area (Å²) in [6.07, 6.45) is 0. The first-order chi connectivity index (χ1) is 10.3. The summed E-state index contributed by atoms with van der Waals surface area (Å²) >= 11 is 11.6. The molecule has 0 aliphatic rings. The highest BCUT2D eigenvalue weighted by atomic mass is 35.5. The molecular weight excluding hydrogens is 351 g/mol. The molecule has 1 aromatic carbocycles. The van der Waals surface area contributed by atoms with Crippen molar-refractivity contribution >= 4 is 45.3 Å². The Morgan fingerprint density at radius 1 is 1.23 bits per heavy atom. The van der Waals surface area contributed by atoms with E-state index < -0.39 is 10.6 Å². The van der Waals surface area contributed by atoms with Crippen LogP contribution in [0.5, 0.6) is 0 Å². The normalized spacial score (nSPS) is 9.18. The molecule has 2 aromatic rings. The average Bonchev–Trinajstić information content (AvgIpc) is 2.37. The number of nitrogens with zero attached hydrogens (tertiary/aromatic N) is 3. The summed E-state index contributed by atoms with van der Waals surface area (Å²) in [4.78, 5) is 7.69. The average molecular weight is 359 g/mol. The fourth-order valence-electron chi connectivity index (χ4n) is 1.46. The molecular formula is C12H8Cl2N4O3S. The smallest absolute Gasteiger partial charge is 0.339 e. The number of aryl methyl sites for hydroxylation is 1. The first kappa shape index (κ1) is 17.8. The van der Waals surface area contributed by atoms with E-state index in [4.69, 9.17) is 41.1 Å². The Morgan fingerprint density at radius 2 is 1.86 bits per heavy atom. The van der Waals surface area contributed by atoms with E-state index in [0.717, 1.165) is 11.3 Å². The number of halogens is 2. The van der Waals surface area contributed by atoms with Crippen LogP contribution in [0, 0.1) is 18.3 Å². The number of anilines is 2. The number of hydrogen-bond acceptors (Lipinski definition) is 7. The van der Waals surface area contributed by atoms with Crippen molar-refractivity contribution in [1.82, 2.24) is 9.97 Å². The summed E-state index contributed by atoms with van der Waals surface area (Å²) in [6, 6.07) is 9.59. The third-order valence-electron chi connectivity index (χ3n) is 2.23. The molecule has 1 N–H and O–H groups in total. The van der Waals surface area contributed by atoms with Gasteiger partial charge in [0.2, 0.25) is 5.28 Å². The molecule has 0 saturated carbocycles. The van der Waals surface area contributed by atoms with Crippen molar-refractivity contribution in [3.05, 3.63) is 45.8 Å². The molecule has 0 spiro atoms. The maximum atomic E-state index is 9.03. The standard InChI is InChI=1S/C12H8Cl2N4.O3S/c1-7-3-2-4-8(5-7)16-11-9(6-15)10(13)17-12(14)18-11;1-4(2)3/h2-5H,1H3,(H,16,17,18);. The van der Waals surface area contributed by atoms with Crippen LogP contribution in [0.1, 0.15) is 11.1 Å². The van der Waals surface area contributed by atoms with Gasteiger partial charge in [-0.1, -0.05) is 23.7 Å². The minimum Gasteiger partial charge on any atom is -0.339 e. The summed E-state index contributed by atoms with van der Waals surface area (Å²) in [5.41, 5.74) is 2.06. The predicted octanol–water partition coefficient (Wildman–Crippen LogP) is 2.70. The van der Waals surface area contributed by atoms with Gasteiger partial charge in [-0.3, -0.25) is 0 Å². The van der Waals surface area contributed by atoms with Gasteiger partial charge in [0.15, 0.2) is 11.0 Å². The lowest BCUT2D eigenvalue weighted by Crippen LogP contribution is -2.00. The van der Waals surface area contributed by atoms with Gasteiger partial charge in [-0.2, -0.15) is 10.2 Å². The second-order valence-electron chi connectivity index (χ2n) is 3.82. The molecule has 0 radical (unpaired) electrons. The maximum Gasteiger partial charge on any atom is 0.425 e. The highest BCUT2D eigenvalue weighted by molar-refractivity contribution is 7.59. The van der Waals surface area contributed by atoms with Gasteiger partial charge >= 0.3 is 10.6 Å². The highest BCUT2D eigenvalue weighted by Crippen LogP contribution is 2.25. The van der Waals surface area contributed by atoms with Crippen LogP contribution >= 0.6 is 23.2 Å². The van der Waals surface area contributed by atoms with E-state index in [9.17, 15) is 0 Å². The van der Waals surface area contributed by atoms with Crippen molar-refractivity contribution < 1.29 is 12.6 Å². The summed E-state index contributed by atoms with van der Waals surface area (Å²) < 4.78 is 25.3. The SMILES string of the molecule is Cc1cccc(Nc2nc(Cl)nc(Cl)c2C#N)c1.O=S(=O)=O. The zero-order chi connectivity index (χ0) is 16.7. The van der Waals surface area contributed by atoms with Gasteiger partial charge in [0.05, 0.1) is 0 Å². The van der Waals surface area contributed by atoms with E-state index in [2.05, 4.69) is 15.3 Å². The lowest BCUT2D eigenvalue weighted by molar-refractivity contribution is 0.559. The van der Waals surface area contributed by atoms with Gasteiger partial charge in [0.25, 0.3) is 0 Å². The Hall–Kier alpha value is -2.21. The number of rotatable bonds is 2. The van der Waals surface area contributed by atoms with Crippen molar-refractivity contribution in [1.29, 1.82) is 5.26 Å². The molecule has 0 aliphatic carbocycles. The zero-order valence-electron chi connectivity index (χ0n) is 11.0. The monoisotopic (exact) mass is 358 g/mol. The fourth-order valence-corrected chi connectivity index (χ4v) is 1.88. The maximum absolute atomic E-state index is 9.03. The number of hydrogen-bond donors (Lipinski definition) is 1. The molecule has 22 heavy (non-hydrogen) atoms. The second-order valence-corrected chi connectivity index (χ2v) is 4.92. The third kappa shape index (κ3) is 5.65. The van der Waals surface area contributed by atoms with Crippen molar-refractivity contribution in [2.45, 2.75) is 6.92 Å². The summed E-state index contributed by atoms with van der Waals surface area (Å²) in [7, 11) is -3.11. The lowest BCUT2D eigenvalue weighted by atomic mass is 10.2. The molecule has 114 valence electrons. The predicted molar refractivity (Wildman–Crippen MR) is 80.9 cm³/mol. The van der Waals surface area contributed by atoms with Crippen LogP contribution in [-0.4, -0.2) is 22.6 Å². The second kappa shape index (κ2) is 8.29. The first-order valence-electron chi connectivity index (χ1n) is 5.57. The molecule has 7 nitrogen and oxygen atoms in total. The molecule has 0 bridgehead atoms. The molecule has 1 heterocycles. The molecule has 0 unspecified atom stereocenters. The number of nitrogens with one attached hydrogen (secondary N) is 1. The lowest BCUT2D eigenvalue weighted by Gasteiger charge is -2.08. The van der Waals surface area contributed by atoms with Crippen LogP contribution < -0.4 is 5.32 Å². The van der Waals surface area contributed by atoms with Gasteiger partial charge in [0, 0.05) is 5.69 Å². The Balaban J connectivity index is 0.000000541. The Kier molecular flexibility index (Phi) is 6.72. The molecule has 0 atom stereocenters. The number of benzene rings is 1. The zero-order valence-corrected chi connectivity index (χ0v) is 13.4. The quantitative estimate of drug-likeness (QED) is 0.648. The van der Waals surface area contributed by atoms with Gasteiger partial charge in [-0.15, -0.1) is 12.6 Å². The Labute approximate surface area is 137 Å². The van der Waals surface area contributed by atoms with Crippen LogP contribution in [-0.2, 0) is 10.6 Å². The van der Waals surface area contributed by atoms with Crippen molar-refractivity contribution in [2.24, 2.45) is 0 Å². The molecule has 0 saturated heterocycles. The van der Waals surface area contributed by atoms with E-state index in [1.165, 1.54) is 0 Å². The van der Waals surface area contributed by atoms with Crippen molar-refractivity contribution in [3.8, 4) is 6.07 Å². The van der Waals surface area contributed by atoms with Crippen molar-refractivity contribution in [2.75, 3.05) is 5.32 Å². The number of aromatic nitrogens is 2. The highest BCUT2D eigenvalue weighted by Gasteiger charge is 2.12. The number of nitriles is 1. The topological polar surface area (TPSA) is 113 Å². The fraction of sp³-hybridized carbons (Fsp3) is 0.0833. The Bertz CT molecular complexity index is 828. The van der Waals surface area contributed by atoms with E-state index >= 15 is 0 Å². The van der Waals surface area contributed by atoms with E-state index in [1.54, 1.807) is 0 Å². The van der Waals surface area contributed by atoms with Gasteiger partial charge in [0.1, 0.15) is 11.6 Å². The molecule has 10 heteroatoms. The van der Waals surface area contributed by atoms with Crippen LogP contribution in [0.25, 0.3) is 0 Å². The van der Waals surface area contributed by atoms with Gasteiger partial charge in [-0.05, 0) is 36.2 Å². The summed E-state index contributed by atoms with van der Waals surface area (Å²) in [6.45, 7) is 1.97. The molecule has 0 aliphatic heterocycles. The van der Waals surface area contributed by atoms with Crippen molar-refractivity contribution in [3.63, 3.8) is 0 Å². The molecule has 0 amide bonds. The molecule has 2 rings (SSSR count). The summed E-state index contributed by atoms with van der Waals surface area (Å²) in [5, 5.41) is 12.1. The van der Waals surface area contributed by atoms with Crippen LogP contribution in [0.3, 0.4) is 0 Å².